The van der Waals surface area contributed by atoms with E-state index in [-0.39, 0.29) is 12.6 Å². The molecular formula is C21H19N3O5. The van der Waals surface area contributed by atoms with Crippen LogP contribution in [0.25, 0.3) is 10.8 Å². The van der Waals surface area contributed by atoms with Gasteiger partial charge in [-0.25, -0.2) is 15.1 Å². The van der Waals surface area contributed by atoms with E-state index >= 15 is 0 Å². The Balaban J connectivity index is 1.41. The van der Waals surface area contributed by atoms with Crippen molar-refractivity contribution in [2.24, 2.45) is 0 Å². The van der Waals surface area contributed by atoms with Gasteiger partial charge >= 0.3 is 12.1 Å². The third-order valence-corrected chi connectivity index (χ3v) is 4.57. The number of benzene rings is 3. The number of hydroxylamine groups is 1. The Morgan fingerprint density at radius 1 is 1.10 bits per heavy atom. The van der Waals surface area contributed by atoms with Crippen molar-refractivity contribution < 1.29 is 24.3 Å². The number of urea groups is 1. The van der Waals surface area contributed by atoms with Gasteiger partial charge in [-0.15, -0.1) is 0 Å². The Bertz CT molecular complexity index is 1030. The maximum absolute atomic E-state index is 12.0. The van der Waals surface area contributed by atoms with Crippen molar-refractivity contribution in [3.8, 4) is 11.5 Å². The van der Waals surface area contributed by atoms with Crippen molar-refractivity contribution in [3.05, 3.63) is 72.3 Å². The van der Waals surface area contributed by atoms with Crippen LogP contribution in [0.15, 0.2) is 66.7 Å². The summed E-state index contributed by atoms with van der Waals surface area (Å²) in [4.78, 5) is 24.6. The van der Waals surface area contributed by atoms with Crippen molar-refractivity contribution in [1.29, 1.82) is 0 Å². The van der Waals surface area contributed by atoms with E-state index in [1.807, 2.05) is 66.7 Å². The molecule has 0 aromatic heterocycles. The zero-order valence-electron chi connectivity index (χ0n) is 15.4. The fourth-order valence-corrected chi connectivity index (χ4v) is 3.21. The number of amides is 3. The molecule has 0 unspecified atom stereocenters. The lowest BCUT2D eigenvalue weighted by Crippen LogP contribution is -2.34. The summed E-state index contributed by atoms with van der Waals surface area (Å²) in [6.45, 7) is 0.529. The zero-order valence-corrected chi connectivity index (χ0v) is 15.4. The molecule has 8 nitrogen and oxygen atoms in total. The highest BCUT2D eigenvalue weighted by Gasteiger charge is 2.31. The molecule has 29 heavy (non-hydrogen) atoms. The normalized spacial score (nSPS) is 15.8. The molecule has 1 atom stereocenters. The highest BCUT2D eigenvalue weighted by Crippen LogP contribution is 2.30. The summed E-state index contributed by atoms with van der Waals surface area (Å²) in [5.74, 6) is 1.47. The molecule has 3 amide bonds. The highest BCUT2D eigenvalue weighted by molar-refractivity contribution is 5.88. The minimum absolute atomic E-state index is 0.181. The largest absolute Gasteiger partial charge is 0.457 e. The Hall–Kier alpha value is -3.78. The molecule has 8 heteroatoms. The van der Waals surface area contributed by atoms with Crippen molar-refractivity contribution in [2.45, 2.75) is 12.8 Å². The molecule has 1 aliphatic rings. The molecular weight excluding hydrogens is 374 g/mol. The molecule has 148 valence electrons. The second-order valence-electron chi connectivity index (χ2n) is 6.56. The third-order valence-electron chi connectivity index (χ3n) is 4.57. The second-order valence-corrected chi connectivity index (χ2v) is 6.56. The first-order chi connectivity index (χ1) is 14.1. The Kier molecular flexibility index (Phi) is 5.17. The fraction of sp³-hybridized carbons (Fsp3) is 0.143. The summed E-state index contributed by atoms with van der Waals surface area (Å²) in [7, 11) is 0. The molecule has 0 saturated carbocycles. The number of nitrogens with zero attached hydrogens (tertiary/aromatic N) is 1. The van der Waals surface area contributed by atoms with Crippen LogP contribution < -0.4 is 15.5 Å². The molecule has 3 aromatic rings. The topological polar surface area (TPSA) is 100 Å². The lowest BCUT2D eigenvalue weighted by Gasteiger charge is -2.15. The number of nitrogens with one attached hydrogen (secondary N) is 2. The molecule has 0 bridgehead atoms. The molecule has 4 rings (SSSR count). The minimum atomic E-state index is -1.02. The summed E-state index contributed by atoms with van der Waals surface area (Å²) < 4.78 is 10.9. The van der Waals surface area contributed by atoms with Gasteiger partial charge < -0.3 is 19.7 Å². The van der Waals surface area contributed by atoms with Crippen LogP contribution in [0.4, 0.5) is 9.59 Å². The molecule has 0 aliphatic carbocycles. The van der Waals surface area contributed by atoms with Crippen molar-refractivity contribution >= 4 is 22.9 Å². The van der Waals surface area contributed by atoms with Crippen LogP contribution in [0.5, 0.6) is 11.5 Å². The summed E-state index contributed by atoms with van der Waals surface area (Å²) in [6, 6.07) is 21.0. The predicted octanol–water partition coefficient (Wildman–Crippen LogP) is 3.60. The maximum Gasteiger partial charge on any atom is 0.433 e. The number of hydrogen-bond donors (Lipinski definition) is 3. The zero-order chi connectivity index (χ0) is 20.2. The van der Waals surface area contributed by atoms with Crippen molar-refractivity contribution in [2.75, 3.05) is 6.54 Å². The molecule has 1 saturated heterocycles. The van der Waals surface area contributed by atoms with Crippen LogP contribution >= 0.6 is 0 Å². The number of carbonyl (C=O) groups excluding carboxylic acids is 2. The molecule has 3 aromatic carbocycles. The maximum atomic E-state index is 12.0. The van der Waals surface area contributed by atoms with Gasteiger partial charge in [0.1, 0.15) is 11.5 Å². The molecule has 1 fully saturated rings. The van der Waals surface area contributed by atoms with Gasteiger partial charge in [-0.1, -0.05) is 48.5 Å². The average Bonchev–Trinajstić information content (AvgIpc) is 3.08. The summed E-state index contributed by atoms with van der Waals surface area (Å²) in [6.07, 6.45) is -1.84. The number of rotatable bonds is 5. The van der Waals surface area contributed by atoms with Gasteiger partial charge in [0, 0.05) is 11.9 Å². The van der Waals surface area contributed by atoms with Gasteiger partial charge in [0.05, 0.1) is 6.54 Å². The highest BCUT2D eigenvalue weighted by atomic mass is 16.6. The molecule has 0 radical (unpaired) electrons. The smallest absolute Gasteiger partial charge is 0.433 e. The van der Waals surface area contributed by atoms with Crippen molar-refractivity contribution in [3.63, 3.8) is 0 Å². The van der Waals surface area contributed by atoms with E-state index in [2.05, 4.69) is 5.32 Å². The SMILES string of the molecule is O=C(NO)O[C@@H]1CN(Cc2ccc(Oc3cccc4ccccc34)cc2)C(=O)N1. The molecule has 0 spiro atoms. The number of fused-ring (bicyclic) bond motifs is 1. The van der Waals surface area contributed by atoms with Gasteiger partial charge in [-0.05, 0) is 29.1 Å². The monoisotopic (exact) mass is 393 g/mol. The van der Waals surface area contributed by atoms with Crippen LogP contribution in [0, 0.1) is 0 Å². The molecule has 1 aliphatic heterocycles. The van der Waals surface area contributed by atoms with Gasteiger partial charge in [0.2, 0.25) is 0 Å². The Morgan fingerprint density at radius 3 is 2.66 bits per heavy atom. The molecule has 1 heterocycles. The first kappa shape index (κ1) is 18.6. The Morgan fingerprint density at radius 2 is 1.86 bits per heavy atom. The van der Waals surface area contributed by atoms with E-state index in [0.29, 0.717) is 12.3 Å². The standard InChI is InChI=1S/C21H19N3O5/c25-20-22-19(29-21(26)23-27)13-24(20)12-14-8-10-16(11-9-14)28-18-7-3-5-15-4-1-2-6-17(15)18/h1-11,19,27H,12-13H2,(H,22,25)(H,23,26)/t19-/m1/s1. The number of hydrogen-bond acceptors (Lipinski definition) is 5. The predicted molar refractivity (Wildman–Crippen MR) is 105 cm³/mol. The third kappa shape index (κ3) is 4.22. The first-order valence-corrected chi connectivity index (χ1v) is 9.03. The lowest BCUT2D eigenvalue weighted by molar-refractivity contribution is 0.0524. The summed E-state index contributed by atoms with van der Waals surface area (Å²) in [5.41, 5.74) is 2.26. The van der Waals surface area contributed by atoms with Crippen LogP contribution in [0.3, 0.4) is 0 Å². The summed E-state index contributed by atoms with van der Waals surface area (Å²) in [5, 5.41) is 13.1. The number of ether oxygens (including phenoxy) is 2. The van der Waals surface area contributed by atoms with Gasteiger partial charge in [-0.3, -0.25) is 5.21 Å². The van der Waals surface area contributed by atoms with E-state index < -0.39 is 12.3 Å². The quantitative estimate of drug-likeness (QED) is 0.454. The van der Waals surface area contributed by atoms with Crippen LogP contribution in [-0.2, 0) is 11.3 Å². The van der Waals surface area contributed by atoms with E-state index in [1.165, 1.54) is 10.4 Å². The average molecular weight is 393 g/mol. The van der Waals surface area contributed by atoms with Crippen LogP contribution in [-0.4, -0.2) is 35.0 Å². The van der Waals surface area contributed by atoms with E-state index in [0.717, 1.165) is 22.1 Å². The van der Waals surface area contributed by atoms with Crippen LogP contribution in [0.2, 0.25) is 0 Å². The van der Waals surface area contributed by atoms with Gasteiger partial charge in [0.25, 0.3) is 0 Å². The summed E-state index contributed by atoms with van der Waals surface area (Å²) >= 11 is 0. The van der Waals surface area contributed by atoms with Gasteiger partial charge in [0.15, 0.2) is 6.23 Å². The van der Waals surface area contributed by atoms with Crippen molar-refractivity contribution in [1.82, 2.24) is 15.7 Å². The van der Waals surface area contributed by atoms with Gasteiger partial charge in [-0.2, -0.15) is 0 Å². The Labute approximate surface area is 166 Å². The van der Waals surface area contributed by atoms with E-state index in [9.17, 15) is 9.59 Å². The first-order valence-electron chi connectivity index (χ1n) is 9.03. The fourth-order valence-electron chi connectivity index (χ4n) is 3.21. The molecule has 3 N–H and O–H groups in total. The second kappa shape index (κ2) is 8.07. The van der Waals surface area contributed by atoms with E-state index in [1.54, 1.807) is 0 Å². The van der Waals surface area contributed by atoms with Crippen LogP contribution in [0.1, 0.15) is 5.56 Å². The van der Waals surface area contributed by atoms with E-state index in [4.69, 9.17) is 14.7 Å². The minimum Gasteiger partial charge on any atom is -0.457 e. The lowest BCUT2D eigenvalue weighted by atomic mass is 10.1. The number of carbonyl (C=O) groups is 2.